The lowest BCUT2D eigenvalue weighted by atomic mass is 10.1. The molecule has 1 aromatic rings. The van der Waals surface area contributed by atoms with Gasteiger partial charge in [-0.2, -0.15) is 5.26 Å². The van der Waals surface area contributed by atoms with Gasteiger partial charge in [0.25, 0.3) is 5.69 Å². The number of phenols is 1. The van der Waals surface area contributed by atoms with E-state index in [4.69, 9.17) is 5.26 Å². The zero-order valence-corrected chi connectivity index (χ0v) is 8.84. The van der Waals surface area contributed by atoms with E-state index in [1.165, 1.54) is 6.92 Å². The van der Waals surface area contributed by atoms with Gasteiger partial charge in [-0.25, -0.2) is 4.79 Å². The van der Waals surface area contributed by atoms with Gasteiger partial charge in [0, 0.05) is 6.07 Å². The fraction of sp³-hybridized carbons (Fsp3) is 0.200. The molecule has 1 rings (SSSR count). The molecule has 17 heavy (non-hydrogen) atoms. The second-order valence-electron chi connectivity index (χ2n) is 2.95. The fourth-order valence-corrected chi connectivity index (χ4v) is 1.23. The number of esters is 1. The molecule has 0 heterocycles. The third-order valence-corrected chi connectivity index (χ3v) is 1.95. The van der Waals surface area contributed by atoms with Crippen LogP contribution in [0.5, 0.6) is 5.75 Å². The summed E-state index contributed by atoms with van der Waals surface area (Å²) in [6.45, 7) is 1.53. The molecule has 0 radical (unpaired) electrons. The van der Waals surface area contributed by atoms with Crippen molar-refractivity contribution >= 4 is 11.7 Å². The quantitative estimate of drug-likeness (QED) is 0.481. The molecular weight excluding hydrogens is 228 g/mol. The van der Waals surface area contributed by atoms with Crippen LogP contribution in [0.15, 0.2) is 12.1 Å². The first-order chi connectivity index (χ1) is 8.02. The van der Waals surface area contributed by atoms with E-state index in [2.05, 4.69) is 4.74 Å². The third kappa shape index (κ3) is 2.31. The number of nitrogens with zero attached hydrogens (tertiary/aromatic N) is 2. The first-order valence-corrected chi connectivity index (χ1v) is 4.60. The molecule has 7 nitrogen and oxygen atoms in total. The highest BCUT2D eigenvalue weighted by Gasteiger charge is 2.27. The summed E-state index contributed by atoms with van der Waals surface area (Å²) in [5.74, 6) is -1.77. The maximum atomic E-state index is 11.5. The molecule has 1 aromatic carbocycles. The van der Waals surface area contributed by atoms with Gasteiger partial charge in [0.1, 0.15) is 6.07 Å². The van der Waals surface area contributed by atoms with Crippen LogP contribution in [0.25, 0.3) is 0 Å². The summed E-state index contributed by atoms with van der Waals surface area (Å²) >= 11 is 0. The summed E-state index contributed by atoms with van der Waals surface area (Å²) in [6.07, 6.45) is 0. The van der Waals surface area contributed by atoms with Crippen LogP contribution < -0.4 is 0 Å². The van der Waals surface area contributed by atoms with Gasteiger partial charge in [-0.3, -0.25) is 10.1 Å². The molecule has 0 bridgehead atoms. The maximum Gasteiger partial charge on any atom is 0.349 e. The summed E-state index contributed by atoms with van der Waals surface area (Å²) in [4.78, 5) is 21.3. The Morgan fingerprint density at radius 1 is 1.65 bits per heavy atom. The van der Waals surface area contributed by atoms with E-state index in [0.29, 0.717) is 0 Å². The topological polar surface area (TPSA) is 113 Å². The lowest BCUT2D eigenvalue weighted by molar-refractivity contribution is -0.385. The van der Waals surface area contributed by atoms with E-state index in [1.54, 1.807) is 6.07 Å². The molecule has 0 amide bonds. The Morgan fingerprint density at radius 2 is 2.29 bits per heavy atom. The highest BCUT2D eigenvalue weighted by atomic mass is 16.6. The predicted octanol–water partition coefficient (Wildman–Crippen LogP) is 1.35. The Morgan fingerprint density at radius 3 is 2.76 bits per heavy atom. The number of hydrogen-bond donors (Lipinski definition) is 1. The van der Waals surface area contributed by atoms with Crippen molar-refractivity contribution in [2.75, 3.05) is 6.61 Å². The van der Waals surface area contributed by atoms with Crippen molar-refractivity contribution < 1.29 is 19.6 Å². The molecule has 0 unspecified atom stereocenters. The molecule has 0 aliphatic heterocycles. The highest BCUT2D eigenvalue weighted by Crippen LogP contribution is 2.31. The Kier molecular flexibility index (Phi) is 3.62. The van der Waals surface area contributed by atoms with E-state index >= 15 is 0 Å². The van der Waals surface area contributed by atoms with Crippen LogP contribution in [0, 0.1) is 21.4 Å². The van der Waals surface area contributed by atoms with Gasteiger partial charge in [-0.1, -0.05) is 0 Å². The monoisotopic (exact) mass is 236 g/mol. The minimum Gasteiger partial charge on any atom is -0.505 e. The zero-order valence-electron chi connectivity index (χ0n) is 8.84. The van der Waals surface area contributed by atoms with Crippen LogP contribution in [0.4, 0.5) is 5.69 Å². The number of carbonyl (C=O) groups excluding carboxylic acids is 1. The van der Waals surface area contributed by atoms with E-state index < -0.39 is 27.9 Å². The minimum absolute atomic E-state index is 0.00616. The average Bonchev–Trinajstić information content (AvgIpc) is 2.28. The second kappa shape index (κ2) is 4.94. The van der Waals surface area contributed by atoms with E-state index in [1.807, 2.05) is 0 Å². The Hall–Kier alpha value is -2.62. The number of nitriles is 1. The van der Waals surface area contributed by atoms with Gasteiger partial charge in [0.05, 0.1) is 17.1 Å². The first kappa shape index (κ1) is 12.4. The number of phenolic OH excluding ortho intramolecular Hbond substituents is 1. The van der Waals surface area contributed by atoms with Crippen LogP contribution in [0.2, 0.25) is 0 Å². The number of nitro benzene ring substituents is 1. The van der Waals surface area contributed by atoms with Crippen LogP contribution in [-0.2, 0) is 4.74 Å². The van der Waals surface area contributed by atoms with Crippen molar-refractivity contribution in [1.29, 1.82) is 5.26 Å². The second-order valence-corrected chi connectivity index (χ2v) is 2.95. The summed E-state index contributed by atoms with van der Waals surface area (Å²) in [5, 5.41) is 28.9. The van der Waals surface area contributed by atoms with Gasteiger partial charge < -0.3 is 9.84 Å². The van der Waals surface area contributed by atoms with Gasteiger partial charge >= 0.3 is 5.97 Å². The summed E-state index contributed by atoms with van der Waals surface area (Å²) < 4.78 is 4.59. The Bertz CT molecular complexity index is 518. The number of aromatic hydroxyl groups is 1. The summed E-state index contributed by atoms with van der Waals surface area (Å²) in [5.41, 5.74) is -1.42. The number of ether oxygens (including phenoxy) is 1. The molecular formula is C10H8N2O5. The SMILES string of the molecule is CCOC(=O)c1c([N+](=O)[O-])ccc(C#N)c1O. The number of hydrogen-bond acceptors (Lipinski definition) is 6. The smallest absolute Gasteiger partial charge is 0.349 e. The third-order valence-electron chi connectivity index (χ3n) is 1.95. The number of benzene rings is 1. The van der Waals surface area contributed by atoms with E-state index in [9.17, 15) is 20.0 Å². The maximum absolute atomic E-state index is 11.5. The normalized spacial score (nSPS) is 9.41. The number of carbonyl (C=O) groups is 1. The van der Waals surface area contributed by atoms with Crippen molar-refractivity contribution in [2.45, 2.75) is 6.92 Å². The van der Waals surface area contributed by atoms with E-state index in [-0.39, 0.29) is 12.2 Å². The fourth-order valence-electron chi connectivity index (χ4n) is 1.23. The van der Waals surface area contributed by atoms with Crippen molar-refractivity contribution in [3.63, 3.8) is 0 Å². The van der Waals surface area contributed by atoms with E-state index in [0.717, 1.165) is 12.1 Å². The molecule has 88 valence electrons. The first-order valence-electron chi connectivity index (χ1n) is 4.60. The van der Waals surface area contributed by atoms with Crippen LogP contribution in [0.1, 0.15) is 22.8 Å². The molecule has 0 aliphatic carbocycles. The largest absolute Gasteiger partial charge is 0.505 e. The van der Waals surface area contributed by atoms with Crippen molar-refractivity contribution in [3.05, 3.63) is 33.4 Å². The Balaban J connectivity index is 3.46. The van der Waals surface area contributed by atoms with Gasteiger partial charge in [0.2, 0.25) is 0 Å². The van der Waals surface area contributed by atoms with Gasteiger partial charge in [-0.15, -0.1) is 0 Å². The zero-order chi connectivity index (χ0) is 13.0. The molecule has 0 aromatic heterocycles. The Labute approximate surface area is 96.0 Å². The molecule has 1 N–H and O–H groups in total. The van der Waals surface area contributed by atoms with Crippen molar-refractivity contribution in [3.8, 4) is 11.8 Å². The molecule has 7 heteroatoms. The summed E-state index contributed by atoms with van der Waals surface area (Å²) in [6, 6.07) is 3.66. The van der Waals surface area contributed by atoms with Crippen LogP contribution >= 0.6 is 0 Å². The standard InChI is InChI=1S/C10H8N2O5/c1-2-17-10(14)8-7(12(15)16)4-3-6(5-11)9(8)13/h3-4,13H,2H2,1H3. The van der Waals surface area contributed by atoms with Crippen molar-refractivity contribution in [2.24, 2.45) is 0 Å². The lowest BCUT2D eigenvalue weighted by Gasteiger charge is -2.05. The lowest BCUT2D eigenvalue weighted by Crippen LogP contribution is -2.09. The number of rotatable bonds is 3. The predicted molar refractivity (Wildman–Crippen MR) is 55.4 cm³/mol. The number of nitro groups is 1. The molecule has 0 spiro atoms. The van der Waals surface area contributed by atoms with Crippen LogP contribution in [-0.4, -0.2) is 22.6 Å². The molecule has 0 saturated carbocycles. The molecule has 0 fully saturated rings. The van der Waals surface area contributed by atoms with Crippen molar-refractivity contribution in [1.82, 2.24) is 0 Å². The minimum atomic E-state index is -1.03. The molecule has 0 saturated heterocycles. The average molecular weight is 236 g/mol. The van der Waals surface area contributed by atoms with Gasteiger partial charge in [0.15, 0.2) is 11.3 Å². The molecule has 0 atom stereocenters. The molecule has 0 aliphatic rings. The van der Waals surface area contributed by atoms with Gasteiger partial charge in [-0.05, 0) is 13.0 Å². The summed E-state index contributed by atoms with van der Waals surface area (Å²) in [7, 11) is 0. The highest BCUT2D eigenvalue weighted by molar-refractivity contribution is 5.97. The van der Waals surface area contributed by atoms with Crippen LogP contribution in [0.3, 0.4) is 0 Å².